The molecule has 2 nitrogen and oxygen atoms in total. The van der Waals surface area contributed by atoms with Crippen molar-refractivity contribution in [2.24, 2.45) is 0 Å². The molecule has 0 unspecified atom stereocenters. The molecule has 1 aromatic carbocycles. The van der Waals surface area contributed by atoms with Gasteiger partial charge in [0.25, 0.3) is 0 Å². The molecule has 1 aliphatic heterocycles. The Hall–Kier alpha value is -0.890. The lowest BCUT2D eigenvalue weighted by Crippen LogP contribution is -2.17. The molecule has 0 atom stereocenters. The van der Waals surface area contributed by atoms with E-state index >= 15 is 0 Å². The highest BCUT2D eigenvalue weighted by molar-refractivity contribution is 6.34. The Balaban J connectivity index is 2.48. The van der Waals surface area contributed by atoms with E-state index in [2.05, 4.69) is 23.3 Å². The van der Waals surface area contributed by atoms with Crippen molar-refractivity contribution >= 4 is 23.0 Å². The molecule has 3 heteroatoms. The zero-order chi connectivity index (χ0) is 9.26. The van der Waals surface area contributed by atoms with Crippen LogP contribution in [0.15, 0.2) is 18.2 Å². The molecule has 2 rings (SSSR count). The molecule has 0 aromatic heterocycles. The molecule has 0 fully saturated rings. The van der Waals surface area contributed by atoms with Crippen LogP contribution in [-0.4, -0.2) is 20.1 Å². The van der Waals surface area contributed by atoms with Gasteiger partial charge in [0.2, 0.25) is 0 Å². The van der Waals surface area contributed by atoms with E-state index in [4.69, 9.17) is 11.6 Å². The Morgan fingerprint density at radius 1 is 1.46 bits per heavy atom. The van der Waals surface area contributed by atoms with E-state index in [-0.39, 0.29) is 0 Å². The average molecular weight is 197 g/mol. The van der Waals surface area contributed by atoms with Crippen LogP contribution >= 0.6 is 11.6 Å². The predicted octanol–water partition coefficient (Wildman–Crippen LogP) is 2.59. The van der Waals surface area contributed by atoms with Gasteiger partial charge < -0.3 is 10.2 Å². The number of rotatable bonds is 0. The Labute approximate surface area is 83.5 Å². The summed E-state index contributed by atoms with van der Waals surface area (Å²) in [6, 6.07) is 5.99. The summed E-state index contributed by atoms with van der Waals surface area (Å²) in [6.07, 6.45) is 1.15. The lowest BCUT2D eigenvalue weighted by molar-refractivity contribution is 0.837. The van der Waals surface area contributed by atoms with Crippen LogP contribution in [0.25, 0.3) is 0 Å². The third-order valence-electron chi connectivity index (χ3n) is 2.35. The van der Waals surface area contributed by atoms with Gasteiger partial charge in [0.15, 0.2) is 0 Å². The maximum Gasteiger partial charge on any atom is 0.0788 e. The molecule has 0 saturated carbocycles. The second-order valence-electron chi connectivity index (χ2n) is 3.34. The Kier molecular flexibility index (Phi) is 2.32. The molecule has 13 heavy (non-hydrogen) atoms. The molecular formula is C10H13ClN2. The number of nitrogens with zero attached hydrogens (tertiary/aromatic N) is 1. The van der Waals surface area contributed by atoms with Crippen molar-refractivity contribution in [1.82, 2.24) is 0 Å². The lowest BCUT2D eigenvalue weighted by Gasteiger charge is -2.19. The number of nitrogens with one attached hydrogen (secondary N) is 1. The van der Waals surface area contributed by atoms with E-state index in [1.807, 2.05) is 12.1 Å². The van der Waals surface area contributed by atoms with E-state index in [1.54, 1.807) is 0 Å². The Morgan fingerprint density at radius 3 is 3.15 bits per heavy atom. The molecule has 0 amide bonds. The largest absolute Gasteiger partial charge is 0.383 e. The number of halogens is 1. The van der Waals surface area contributed by atoms with E-state index in [1.165, 1.54) is 0 Å². The quantitative estimate of drug-likeness (QED) is 0.686. The van der Waals surface area contributed by atoms with Gasteiger partial charge in [-0.2, -0.15) is 0 Å². The minimum Gasteiger partial charge on any atom is -0.383 e. The molecule has 1 N–H and O–H groups in total. The van der Waals surface area contributed by atoms with Gasteiger partial charge >= 0.3 is 0 Å². The average Bonchev–Trinajstić information content (AvgIpc) is 2.29. The van der Waals surface area contributed by atoms with Crippen molar-refractivity contribution in [3.05, 3.63) is 23.2 Å². The summed E-state index contributed by atoms with van der Waals surface area (Å²) in [6.45, 7) is 2.08. The van der Waals surface area contributed by atoms with Crippen molar-refractivity contribution in [1.29, 1.82) is 0 Å². The molecule has 0 bridgehead atoms. The fraction of sp³-hybridized carbons (Fsp3) is 0.400. The van der Waals surface area contributed by atoms with Crippen molar-refractivity contribution in [3.63, 3.8) is 0 Å². The van der Waals surface area contributed by atoms with Gasteiger partial charge in [-0.3, -0.25) is 0 Å². The number of fused-ring (bicyclic) bond motifs is 1. The summed E-state index contributed by atoms with van der Waals surface area (Å²) in [5.74, 6) is 0. The lowest BCUT2D eigenvalue weighted by atomic mass is 10.2. The second-order valence-corrected chi connectivity index (χ2v) is 3.75. The van der Waals surface area contributed by atoms with E-state index < -0.39 is 0 Å². The molecule has 70 valence electrons. The standard InChI is InChI=1S/C10H13ClN2/c1-13-7-3-6-12-9-5-2-4-8(11)10(9)13/h2,4-5,12H,3,6-7H2,1H3. The first-order chi connectivity index (χ1) is 6.29. The molecule has 0 saturated heterocycles. The van der Waals surface area contributed by atoms with Crippen LogP contribution in [0.3, 0.4) is 0 Å². The number of benzene rings is 1. The maximum absolute atomic E-state index is 6.13. The topological polar surface area (TPSA) is 15.3 Å². The van der Waals surface area contributed by atoms with Crippen molar-refractivity contribution in [2.45, 2.75) is 6.42 Å². The van der Waals surface area contributed by atoms with Gasteiger partial charge in [-0.15, -0.1) is 0 Å². The minimum atomic E-state index is 0.828. The molecular weight excluding hydrogens is 184 g/mol. The second kappa shape index (κ2) is 3.46. The zero-order valence-corrected chi connectivity index (χ0v) is 8.43. The van der Waals surface area contributed by atoms with E-state index in [0.717, 1.165) is 35.9 Å². The fourth-order valence-corrected chi connectivity index (χ4v) is 2.02. The highest BCUT2D eigenvalue weighted by atomic mass is 35.5. The van der Waals surface area contributed by atoms with E-state index in [9.17, 15) is 0 Å². The van der Waals surface area contributed by atoms with Crippen LogP contribution in [0.4, 0.5) is 11.4 Å². The molecule has 0 spiro atoms. The monoisotopic (exact) mass is 196 g/mol. The predicted molar refractivity (Wildman–Crippen MR) is 57.8 cm³/mol. The summed E-state index contributed by atoms with van der Waals surface area (Å²) in [4.78, 5) is 2.21. The van der Waals surface area contributed by atoms with Crippen molar-refractivity contribution < 1.29 is 0 Å². The normalized spacial score (nSPS) is 16.0. The first-order valence-corrected chi connectivity index (χ1v) is 4.90. The van der Waals surface area contributed by atoms with Gasteiger partial charge in [0.05, 0.1) is 16.4 Å². The maximum atomic E-state index is 6.13. The van der Waals surface area contributed by atoms with Crippen LogP contribution in [-0.2, 0) is 0 Å². The first kappa shape index (κ1) is 8.70. The van der Waals surface area contributed by atoms with Gasteiger partial charge in [-0.1, -0.05) is 17.7 Å². The summed E-state index contributed by atoms with van der Waals surface area (Å²) < 4.78 is 0. The third-order valence-corrected chi connectivity index (χ3v) is 2.66. The summed E-state index contributed by atoms with van der Waals surface area (Å²) in [5.41, 5.74) is 2.27. The van der Waals surface area contributed by atoms with Crippen molar-refractivity contribution in [2.75, 3.05) is 30.4 Å². The van der Waals surface area contributed by atoms with Crippen LogP contribution in [0.1, 0.15) is 6.42 Å². The Morgan fingerprint density at radius 2 is 2.31 bits per heavy atom. The Bertz CT molecular complexity index is 312. The highest BCUT2D eigenvalue weighted by Crippen LogP contribution is 2.34. The van der Waals surface area contributed by atoms with Gasteiger partial charge in [-0.25, -0.2) is 0 Å². The van der Waals surface area contributed by atoms with E-state index in [0.29, 0.717) is 0 Å². The third kappa shape index (κ3) is 1.59. The summed E-state index contributed by atoms with van der Waals surface area (Å²) in [7, 11) is 2.08. The highest BCUT2D eigenvalue weighted by Gasteiger charge is 2.13. The molecule has 1 aromatic rings. The fourth-order valence-electron chi connectivity index (χ4n) is 1.70. The van der Waals surface area contributed by atoms with Gasteiger partial charge in [-0.05, 0) is 18.6 Å². The summed E-state index contributed by atoms with van der Waals surface area (Å²) in [5, 5.41) is 4.20. The number of hydrogen-bond acceptors (Lipinski definition) is 2. The van der Waals surface area contributed by atoms with Crippen LogP contribution < -0.4 is 10.2 Å². The van der Waals surface area contributed by atoms with Gasteiger partial charge in [0.1, 0.15) is 0 Å². The van der Waals surface area contributed by atoms with Crippen LogP contribution in [0.2, 0.25) is 5.02 Å². The molecule has 0 radical (unpaired) electrons. The zero-order valence-electron chi connectivity index (χ0n) is 7.68. The molecule has 1 aliphatic rings. The minimum absolute atomic E-state index is 0.828. The molecule has 0 aliphatic carbocycles. The van der Waals surface area contributed by atoms with Crippen LogP contribution in [0.5, 0.6) is 0 Å². The number of para-hydroxylation sites is 1. The summed E-state index contributed by atoms with van der Waals surface area (Å²) >= 11 is 6.13. The van der Waals surface area contributed by atoms with Crippen LogP contribution in [0, 0.1) is 0 Å². The SMILES string of the molecule is CN1CCCNc2cccc(Cl)c21. The van der Waals surface area contributed by atoms with Crippen molar-refractivity contribution in [3.8, 4) is 0 Å². The number of anilines is 2. The molecule has 1 heterocycles. The first-order valence-electron chi connectivity index (χ1n) is 4.52. The smallest absolute Gasteiger partial charge is 0.0788 e. The number of hydrogen-bond donors (Lipinski definition) is 1. The van der Waals surface area contributed by atoms with Gasteiger partial charge in [0, 0.05) is 20.1 Å².